The lowest BCUT2D eigenvalue weighted by molar-refractivity contribution is 0.103. The molecular formula is C19H22N4O3. The van der Waals surface area contributed by atoms with Gasteiger partial charge in [-0.2, -0.15) is 0 Å². The molecule has 0 saturated carbocycles. The van der Waals surface area contributed by atoms with E-state index in [1.165, 1.54) is 0 Å². The van der Waals surface area contributed by atoms with Gasteiger partial charge in [-0.15, -0.1) is 0 Å². The molecular weight excluding hydrogens is 332 g/mol. The van der Waals surface area contributed by atoms with Crippen LogP contribution in [0.5, 0.6) is 0 Å². The van der Waals surface area contributed by atoms with Gasteiger partial charge in [-0.1, -0.05) is 0 Å². The van der Waals surface area contributed by atoms with Crippen molar-refractivity contribution in [3.05, 3.63) is 47.8 Å². The second kappa shape index (κ2) is 7.80. The largest absolute Gasteiger partial charge is 0.378 e. The molecule has 2 aliphatic heterocycles. The van der Waals surface area contributed by atoms with Crippen molar-refractivity contribution < 1.29 is 14.3 Å². The highest BCUT2D eigenvalue weighted by molar-refractivity contribution is 6.08. The Hall–Kier alpha value is -2.51. The fourth-order valence-electron chi connectivity index (χ4n) is 3.17. The summed E-state index contributed by atoms with van der Waals surface area (Å²) in [6.07, 6.45) is 3.28. The summed E-state index contributed by atoms with van der Waals surface area (Å²) in [5, 5.41) is 0. The molecule has 0 amide bonds. The summed E-state index contributed by atoms with van der Waals surface area (Å²) in [4.78, 5) is 25.9. The Morgan fingerprint density at radius 3 is 1.50 bits per heavy atom. The molecule has 2 aromatic heterocycles. The van der Waals surface area contributed by atoms with Crippen LogP contribution in [0.4, 0.5) is 11.6 Å². The third kappa shape index (κ3) is 3.68. The van der Waals surface area contributed by atoms with Crippen molar-refractivity contribution >= 4 is 17.4 Å². The molecule has 136 valence electrons. The summed E-state index contributed by atoms with van der Waals surface area (Å²) >= 11 is 0. The van der Waals surface area contributed by atoms with Crippen molar-refractivity contribution in [3.63, 3.8) is 0 Å². The minimum atomic E-state index is -0.0629. The predicted molar refractivity (Wildman–Crippen MR) is 98.0 cm³/mol. The van der Waals surface area contributed by atoms with Crippen molar-refractivity contribution in [3.8, 4) is 0 Å². The maximum absolute atomic E-state index is 12.7. The number of carbonyl (C=O) groups excluding carboxylic acids is 1. The number of carbonyl (C=O) groups is 1. The van der Waals surface area contributed by atoms with E-state index in [1.807, 2.05) is 24.3 Å². The number of pyridine rings is 2. The Balaban J connectivity index is 1.44. The van der Waals surface area contributed by atoms with Crippen LogP contribution in [0.3, 0.4) is 0 Å². The molecule has 2 aliphatic rings. The Morgan fingerprint density at radius 2 is 1.15 bits per heavy atom. The average Bonchev–Trinajstić information content (AvgIpc) is 2.75. The minimum absolute atomic E-state index is 0.0629. The number of ketones is 1. The highest BCUT2D eigenvalue weighted by Crippen LogP contribution is 2.17. The van der Waals surface area contributed by atoms with Crippen molar-refractivity contribution in [2.24, 2.45) is 0 Å². The van der Waals surface area contributed by atoms with E-state index in [-0.39, 0.29) is 5.78 Å². The first kappa shape index (κ1) is 16.9. The van der Waals surface area contributed by atoms with Gasteiger partial charge < -0.3 is 19.3 Å². The summed E-state index contributed by atoms with van der Waals surface area (Å²) in [6.45, 7) is 6.15. The molecule has 7 nitrogen and oxygen atoms in total. The number of hydrogen-bond donors (Lipinski definition) is 0. The SMILES string of the molecule is O=C(c1ccc(N2CCOCC2)nc1)c1ccc(N2CCOCC2)nc1. The molecule has 0 bridgehead atoms. The van der Waals surface area contributed by atoms with E-state index < -0.39 is 0 Å². The van der Waals surface area contributed by atoms with Crippen molar-refractivity contribution in [1.82, 2.24) is 9.97 Å². The molecule has 0 atom stereocenters. The van der Waals surface area contributed by atoms with Crippen LogP contribution < -0.4 is 9.80 Å². The Labute approximate surface area is 152 Å². The summed E-state index contributed by atoms with van der Waals surface area (Å²) in [5.41, 5.74) is 1.14. The smallest absolute Gasteiger partial charge is 0.196 e. The fourth-order valence-corrected chi connectivity index (χ4v) is 3.17. The lowest BCUT2D eigenvalue weighted by atomic mass is 10.1. The van der Waals surface area contributed by atoms with Gasteiger partial charge in [0.1, 0.15) is 11.6 Å². The number of rotatable bonds is 4. The monoisotopic (exact) mass is 354 g/mol. The highest BCUT2D eigenvalue weighted by atomic mass is 16.5. The van der Waals surface area contributed by atoms with Crippen LogP contribution in [0.15, 0.2) is 36.7 Å². The molecule has 7 heteroatoms. The van der Waals surface area contributed by atoms with E-state index in [9.17, 15) is 4.79 Å². The van der Waals surface area contributed by atoms with Crippen LogP contribution in [-0.2, 0) is 9.47 Å². The van der Waals surface area contributed by atoms with Gasteiger partial charge in [0.15, 0.2) is 5.78 Å². The number of nitrogens with zero attached hydrogens (tertiary/aromatic N) is 4. The topological polar surface area (TPSA) is 67.8 Å². The van der Waals surface area contributed by atoms with E-state index in [0.29, 0.717) is 37.6 Å². The van der Waals surface area contributed by atoms with E-state index in [2.05, 4.69) is 19.8 Å². The molecule has 2 saturated heterocycles. The van der Waals surface area contributed by atoms with Crippen LogP contribution in [0, 0.1) is 0 Å². The second-order valence-electron chi connectivity index (χ2n) is 6.34. The Kier molecular flexibility index (Phi) is 5.08. The van der Waals surface area contributed by atoms with Crippen LogP contribution in [-0.4, -0.2) is 68.4 Å². The maximum atomic E-state index is 12.7. The van der Waals surface area contributed by atoms with Gasteiger partial charge in [-0.25, -0.2) is 9.97 Å². The molecule has 2 fully saturated rings. The van der Waals surface area contributed by atoms with E-state index in [0.717, 1.165) is 37.8 Å². The van der Waals surface area contributed by atoms with Gasteiger partial charge in [0.25, 0.3) is 0 Å². The summed E-state index contributed by atoms with van der Waals surface area (Å²) in [6, 6.07) is 7.45. The van der Waals surface area contributed by atoms with Crippen LogP contribution in [0.2, 0.25) is 0 Å². The molecule has 4 heterocycles. The molecule has 26 heavy (non-hydrogen) atoms. The zero-order chi connectivity index (χ0) is 17.8. The zero-order valence-corrected chi connectivity index (χ0v) is 14.6. The predicted octanol–water partition coefficient (Wildman–Crippen LogP) is 1.38. The first-order chi connectivity index (χ1) is 12.8. The fraction of sp³-hybridized carbons (Fsp3) is 0.421. The molecule has 0 aliphatic carbocycles. The Morgan fingerprint density at radius 1 is 0.731 bits per heavy atom. The molecule has 0 spiro atoms. The normalized spacial score (nSPS) is 18.0. The van der Waals surface area contributed by atoms with Gasteiger partial charge in [0.2, 0.25) is 0 Å². The third-order valence-electron chi connectivity index (χ3n) is 4.69. The average molecular weight is 354 g/mol. The first-order valence-electron chi connectivity index (χ1n) is 8.93. The van der Waals surface area contributed by atoms with Crippen LogP contribution in [0.25, 0.3) is 0 Å². The lowest BCUT2D eigenvalue weighted by Crippen LogP contribution is -2.36. The molecule has 4 rings (SSSR count). The summed E-state index contributed by atoms with van der Waals surface area (Å²) < 4.78 is 10.7. The molecule has 0 unspecified atom stereocenters. The zero-order valence-electron chi connectivity index (χ0n) is 14.6. The van der Waals surface area contributed by atoms with E-state index in [4.69, 9.17) is 9.47 Å². The van der Waals surface area contributed by atoms with Crippen molar-refractivity contribution in [1.29, 1.82) is 0 Å². The number of anilines is 2. The van der Waals surface area contributed by atoms with Crippen LogP contribution in [0.1, 0.15) is 15.9 Å². The van der Waals surface area contributed by atoms with Gasteiger partial charge >= 0.3 is 0 Å². The van der Waals surface area contributed by atoms with E-state index in [1.54, 1.807) is 12.4 Å². The molecule has 2 aromatic rings. The van der Waals surface area contributed by atoms with Crippen LogP contribution >= 0.6 is 0 Å². The molecule has 0 radical (unpaired) electrons. The molecule has 0 N–H and O–H groups in total. The number of morpholine rings is 2. The van der Waals surface area contributed by atoms with Gasteiger partial charge in [0.05, 0.1) is 26.4 Å². The summed E-state index contributed by atoms with van der Waals surface area (Å²) in [7, 11) is 0. The van der Waals surface area contributed by atoms with Gasteiger partial charge in [-0.3, -0.25) is 4.79 Å². The van der Waals surface area contributed by atoms with Crippen molar-refractivity contribution in [2.45, 2.75) is 0 Å². The highest BCUT2D eigenvalue weighted by Gasteiger charge is 2.16. The molecule has 0 aromatic carbocycles. The number of ether oxygens (including phenoxy) is 2. The number of hydrogen-bond acceptors (Lipinski definition) is 7. The minimum Gasteiger partial charge on any atom is -0.378 e. The third-order valence-corrected chi connectivity index (χ3v) is 4.69. The van der Waals surface area contributed by atoms with Crippen molar-refractivity contribution in [2.75, 3.05) is 62.4 Å². The maximum Gasteiger partial charge on any atom is 0.196 e. The second-order valence-corrected chi connectivity index (χ2v) is 6.34. The Bertz CT molecular complexity index is 673. The lowest BCUT2D eigenvalue weighted by Gasteiger charge is -2.28. The van der Waals surface area contributed by atoms with Gasteiger partial charge in [-0.05, 0) is 24.3 Å². The summed E-state index contributed by atoms with van der Waals surface area (Å²) in [5.74, 6) is 1.70. The van der Waals surface area contributed by atoms with Gasteiger partial charge in [0, 0.05) is 49.7 Å². The van der Waals surface area contributed by atoms with E-state index >= 15 is 0 Å². The first-order valence-corrected chi connectivity index (χ1v) is 8.93. The quantitative estimate of drug-likeness (QED) is 0.769. The number of aromatic nitrogens is 2. The standard InChI is InChI=1S/C19H22N4O3/c24-19(15-1-3-17(20-13-15)22-5-9-25-10-6-22)16-2-4-18(21-14-16)23-7-11-26-12-8-23/h1-4,13-14H,5-12H2.